The second kappa shape index (κ2) is 7.96. The summed E-state index contributed by atoms with van der Waals surface area (Å²) < 4.78 is 39.9. The Morgan fingerprint density at radius 2 is 2.07 bits per heavy atom. The molecule has 0 spiro atoms. The van der Waals surface area contributed by atoms with Crippen molar-refractivity contribution in [3.8, 4) is 11.3 Å². The molecule has 146 valence electrons. The molecule has 1 amide bonds. The first-order valence-corrected chi connectivity index (χ1v) is 10.2. The minimum Gasteiger partial charge on any atom is -0.340 e. The van der Waals surface area contributed by atoms with Gasteiger partial charge in [0.05, 0.1) is 28.7 Å². The second-order valence-electron chi connectivity index (χ2n) is 6.65. The number of carbonyl (C=O) groups excluding carboxylic acids is 1. The van der Waals surface area contributed by atoms with Crippen LogP contribution in [0.25, 0.3) is 11.3 Å². The highest BCUT2D eigenvalue weighted by Gasteiger charge is 2.35. The molecule has 1 aliphatic heterocycles. The Morgan fingerprint density at radius 3 is 2.78 bits per heavy atom. The third-order valence-corrected chi connectivity index (χ3v) is 5.83. The van der Waals surface area contributed by atoms with Crippen LogP contribution in [0.2, 0.25) is 0 Å². The van der Waals surface area contributed by atoms with Crippen LogP contribution in [0.5, 0.6) is 0 Å². The maximum Gasteiger partial charge on any atom is 0.417 e. The highest BCUT2D eigenvalue weighted by Crippen LogP contribution is 2.37. The molecule has 1 aromatic heterocycles. The van der Waals surface area contributed by atoms with E-state index in [0.717, 1.165) is 25.3 Å². The summed E-state index contributed by atoms with van der Waals surface area (Å²) in [5.41, 5.74) is -0.323. The van der Waals surface area contributed by atoms with Crippen molar-refractivity contribution >= 4 is 17.7 Å². The molecule has 4 nitrogen and oxygen atoms in total. The molecule has 2 atom stereocenters. The number of aromatic amines is 1. The van der Waals surface area contributed by atoms with Gasteiger partial charge in [0, 0.05) is 12.1 Å². The molecule has 27 heavy (non-hydrogen) atoms. The highest BCUT2D eigenvalue weighted by molar-refractivity contribution is 7.99. The number of nitrogens with zero attached hydrogens (tertiary/aromatic N) is 2. The van der Waals surface area contributed by atoms with Crippen molar-refractivity contribution in [2.45, 2.75) is 43.7 Å². The fourth-order valence-electron chi connectivity index (χ4n) is 3.42. The molecule has 1 aliphatic rings. The zero-order chi connectivity index (χ0) is 19.6. The van der Waals surface area contributed by atoms with Gasteiger partial charge < -0.3 is 9.88 Å². The number of aromatic nitrogens is 2. The van der Waals surface area contributed by atoms with Gasteiger partial charge in [-0.2, -0.15) is 24.9 Å². The van der Waals surface area contributed by atoms with Crippen LogP contribution in [0.3, 0.4) is 0 Å². The monoisotopic (exact) mass is 397 g/mol. The van der Waals surface area contributed by atoms with E-state index in [1.807, 2.05) is 18.1 Å². The van der Waals surface area contributed by atoms with Gasteiger partial charge in [-0.1, -0.05) is 18.2 Å². The van der Waals surface area contributed by atoms with Crippen LogP contribution in [-0.2, 0) is 11.0 Å². The molecule has 2 unspecified atom stereocenters. The summed E-state index contributed by atoms with van der Waals surface area (Å²) in [6.45, 7) is 2.51. The molecule has 3 rings (SSSR count). The van der Waals surface area contributed by atoms with Gasteiger partial charge in [-0.25, -0.2) is 4.98 Å². The number of thioether (sulfide) groups is 1. The van der Waals surface area contributed by atoms with Crippen LogP contribution in [0, 0.1) is 0 Å². The SMILES string of the molecule is CSC(C)C(=O)N1CCCCC1c1ncc(-c2ccccc2C(F)(F)F)[nH]1. The van der Waals surface area contributed by atoms with Crippen LogP contribution in [-0.4, -0.2) is 38.8 Å². The molecule has 8 heteroatoms. The quantitative estimate of drug-likeness (QED) is 0.798. The van der Waals surface area contributed by atoms with E-state index in [9.17, 15) is 18.0 Å². The van der Waals surface area contributed by atoms with Crippen molar-refractivity contribution in [1.29, 1.82) is 0 Å². The van der Waals surface area contributed by atoms with Crippen molar-refractivity contribution in [3.05, 3.63) is 41.9 Å². The zero-order valence-corrected chi connectivity index (χ0v) is 16.0. The van der Waals surface area contributed by atoms with Crippen LogP contribution >= 0.6 is 11.8 Å². The maximum atomic E-state index is 13.3. The van der Waals surface area contributed by atoms with Gasteiger partial charge in [0.25, 0.3) is 0 Å². The summed E-state index contributed by atoms with van der Waals surface area (Å²) in [6, 6.07) is 5.20. The number of hydrogen-bond donors (Lipinski definition) is 1. The average molecular weight is 397 g/mol. The molecule has 2 aromatic rings. The third-order valence-electron chi connectivity index (χ3n) is 4.92. The molecule has 2 heterocycles. The lowest BCUT2D eigenvalue weighted by molar-refractivity contribution is -0.137. The summed E-state index contributed by atoms with van der Waals surface area (Å²) in [6.07, 6.45) is 1.50. The fourth-order valence-corrected chi connectivity index (χ4v) is 3.76. The number of H-pyrrole nitrogens is 1. The lowest BCUT2D eigenvalue weighted by Gasteiger charge is -2.36. The minimum absolute atomic E-state index is 0.0424. The van der Waals surface area contributed by atoms with Crippen LogP contribution in [0.15, 0.2) is 30.5 Å². The number of nitrogens with one attached hydrogen (secondary N) is 1. The maximum absolute atomic E-state index is 13.3. The Labute approximate surface area is 160 Å². The predicted molar refractivity (Wildman–Crippen MR) is 100 cm³/mol. The number of imidazole rings is 1. The van der Waals surface area contributed by atoms with Gasteiger partial charge >= 0.3 is 6.18 Å². The standard InChI is InChI=1S/C19H22F3N3OS/c1-12(27-2)18(26)25-10-6-5-9-16(25)17-23-11-15(24-17)13-7-3-4-8-14(13)19(20,21)22/h3-4,7-8,11-12,16H,5-6,9-10H2,1-2H3,(H,23,24). The Hall–Kier alpha value is -1.96. The lowest BCUT2D eigenvalue weighted by atomic mass is 10.0. The van der Waals surface area contributed by atoms with Crippen molar-refractivity contribution in [3.63, 3.8) is 0 Å². The molecular formula is C19H22F3N3OS. The van der Waals surface area contributed by atoms with Crippen LogP contribution in [0.4, 0.5) is 13.2 Å². The smallest absolute Gasteiger partial charge is 0.340 e. The number of likely N-dealkylation sites (tertiary alicyclic amines) is 1. The molecule has 0 saturated carbocycles. The van der Waals surface area contributed by atoms with E-state index >= 15 is 0 Å². The number of hydrogen-bond acceptors (Lipinski definition) is 3. The van der Waals surface area contributed by atoms with Gasteiger partial charge in [0.1, 0.15) is 5.82 Å². The van der Waals surface area contributed by atoms with E-state index < -0.39 is 11.7 Å². The molecule has 0 radical (unpaired) electrons. The second-order valence-corrected chi connectivity index (χ2v) is 7.83. The number of amides is 1. The molecule has 0 bridgehead atoms. The van der Waals surface area contributed by atoms with E-state index in [4.69, 9.17) is 0 Å². The largest absolute Gasteiger partial charge is 0.417 e. The van der Waals surface area contributed by atoms with Crippen molar-refractivity contribution in [2.75, 3.05) is 12.8 Å². The summed E-state index contributed by atoms with van der Waals surface area (Å²) in [4.78, 5) is 21.9. The van der Waals surface area contributed by atoms with Crippen molar-refractivity contribution in [2.24, 2.45) is 0 Å². The Balaban J connectivity index is 1.92. The number of piperidine rings is 1. The third kappa shape index (κ3) is 4.15. The Kier molecular flexibility index (Phi) is 5.83. The molecular weight excluding hydrogens is 375 g/mol. The van der Waals surface area contributed by atoms with Crippen LogP contribution < -0.4 is 0 Å². The summed E-state index contributed by atoms with van der Waals surface area (Å²) >= 11 is 1.48. The average Bonchev–Trinajstić information content (AvgIpc) is 3.16. The Morgan fingerprint density at radius 1 is 1.33 bits per heavy atom. The van der Waals surface area contributed by atoms with Gasteiger partial charge in [-0.05, 0) is 38.5 Å². The number of benzene rings is 1. The summed E-state index contributed by atoms with van der Waals surface area (Å²) in [5.74, 6) is 0.587. The highest BCUT2D eigenvalue weighted by atomic mass is 32.2. The van der Waals surface area contributed by atoms with Gasteiger partial charge in [-0.15, -0.1) is 0 Å². The molecule has 1 saturated heterocycles. The van der Waals surface area contributed by atoms with E-state index in [-0.39, 0.29) is 22.8 Å². The molecule has 1 fully saturated rings. The normalized spacial score (nSPS) is 19.1. The van der Waals surface area contributed by atoms with E-state index in [2.05, 4.69) is 9.97 Å². The summed E-state index contributed by atoms with van der Waals surface area (Å²) in [7, 11) is 0. The first-order valence-electron chi connectivity index (χ1n) is 8.87. The Bertz CT molecular complexity index is 805. The number of rotatable bonds is 4. The van der Waals surface area contributed by atoms with Gasteiger partial charge in [0.2, 0.25) is 5.91 Å². The first kappa shape index (κ1) is 19.8. The molecule has 0 aliphatic carbocycles. The lowest BCUT2D eigenvalue weighted by Crippen LogP contribution is -2.42. The van der Waals surface area contributed by atoms with Crippen molar-refractivity contribution < 1.29 is 18.0 Å². The van der Waals surface area contributed by atoms with Gasteiger partial charge in [0.15, 0.2) is 0 Å². The van der Waals surface area contributed by atoms with E-state index in [1.165, 1.54) is 30.1 Å². The topological polar surface area (TPSA) is 49.0 Å². The fraction of sp³-hybridized carbons (Fsp3) is 0.474. The van der Waals surface area contributed by atoms with Gasteiger partial charge in [-0.3, -0.25) is 4.79 Å². The number of alkyl halides is 3. The molecule has 1 aromatic carbocycles. The van der Waals surface area contributed by atoms with E-state index in [1.54, 1.807) is 6.07 Å². The molecule has 1 N–H and O–H groups in total. The zero-order valence-electron chi connectivity index (χ0n) is 15.2. The number of halogens is 3. The van der Waals surface area contributed by atoms with Crippen LogP contribution in [0.1, 0.15) is 43.6 Å². The summed E-state index contributed by atoms with van der Waals surface area (Å²) in [5, 5.41) is -0.161. The minimum atomic E-state index is -4.44. The van der Waals surface area contributed by atoms with E-state index in [0.29, 0.717) is 18.1 Å². The van der Waals surface area contributed by atoms with Crippen molar-refractivity contribution in [1.82, 2.24) is 14.9 Å². The number of carbonyl (C=O) groups is 1. The first-order chi connectivity index (χ1) is 12.8. The predicted octanol–water partition coefficient (Wildman–Crippen LogP) is 4.90.